The van der Waals surface area contributed by atoms with Gasteiger partial charge in [-0.05, 0) is 48.2 Å². The molecule has 0 aromatic heterocycles. The summed E-state index contributed by atoms with van der Waals surface area (Å²) in [5, 5.41) is 0. The Morgan fingerprint density at radius 3 is 1.66 bits per heavy atom. The van der Waals surface area contributed by atoms with Gasteiger partial charge in [0.1, 0.15) is 11.5 Å². The number of rotatable bonds is 20. The predicted molar refractivity (Wildman–Crippen MR) is 177 cm³/mol. The van der Waals surface area contributed by atoms with Crippen molar-refractivity contribution in [2.75, 3.05) is 18.9 Å². The molecule has 3 aromatic rings. The highest BCUT2D eigenvalue weighted by Gasteiger charge is 2.29. The molecule has 2 N–H and O–H groups in total. The van der Waals surface area contributed by atoms with Gasteiger partial charge < -0.3 is 15.2 Å². The van der Waals surface area contributed by atoms with Crippen molar-refractivity contribution < 1.29 is 9.47 Å². The Morgan fingerprint density at radius 1 is 0.585 bits per heavy atom. The number of ether oxygens (including phenoxy) is 2. The molecule has 0 fully saturated rings. The molecule has 3 heteroatoms. The van der Waals surface area contributed by atoms with Crippen LogP contribution in [0.15, 0.2) is 66.7 Å². The van der Waals surface area contributed by atoms with E-state index in [-0.39, 0.29) is 5.41 Å². The molecule has 0 radical (unpaired) electrons. The van der Waals surface area contributed by atoms with E-state index < -0.39 is 0 Å². The third-order valence-electron chi connectivity index (χ3n) is 8.23. The van der Waals surface area contributed by atoms with Crippen molar-refractivity contribution in [3.63, 3.8) is 0 Å². The standard InChI is InChI=1S/C38H55NO2/c1-5-7-9-11-13-15-20-28-41-37-29-34(31-23-25-33(39)26-24-31)36(40-27-19-14-12-10-8-6-2)30-35(37)38(3,4)32-21-17-16-18-22-32/h16-18,21-26,29-30H,5-15,19-20,27-28,39H2,1-4H3. The lowest BCUT2D eigenvalue weighted by atomic mass is 9.77. The summed E-state index contributed by atoms with van der Waals surface area (Å²) in [4.78, 5) is 0. The van der Waals surface area contributed by atoms with E-state index in [1.165, 1.54) is 81.8 Å². The fourth-order valence-corrected chi connectivity index (χ4v) is 5.49. The summed E-state index contributed by atoms with van der Waals surface area (Å²) in [6.45, 7) is 10.6. The first-order valence-electron chi connectivity index (χ1n) is 16.3. The molecule has 0 aliphatic rings. The fraction of sp³-hybridized carbons (Fsp3) is 0.526. The van der Waals surface area contributed by atoms with E-state index in [4.69, 9.17) is 15.2 Å². The zero-order chi connectivity index (χ0) is 29.3. The summed E-state index contributed by atoms with van der Waals surface area (Å²) >= 11 is 0. The maximum Gasteiger partial charge on any atom is 0.127 e. The van der Waals surface area contributed by atoms with Crippen molar-refractivity contribution in [2.24, 2.45) is 0 Å². The number of nitrogen functional groups attached to an aromatic ring is 1. The van der Waals surface area contributed by atoms with Crippen LogP contribution < -0.4 is 15.2 Å². The third kappa shape index (κ3) is 10.4. The van der Waals surface area contributed by atoms with Crippen LogP contribution in [-0.4, -0.2) is 13.2 Å². The van der Waals surface area contributed by atoms with Gasteiger partial charge in [-0.25, -0.2) is 0 Å². The minimum absolute atomic E-state index is 0.241. The van der Waals surface area contributed by atoms with Crippen LogP contribution in [0.5, 0.6) is 11.5 Å². The van der Waals surface area contributed by atoms with Gasteiger partial charge in [0.15, 0.2) is 0 Å². The molecule has 0 aliphatic carbocycles. The van der Waals surface area contributed by atoms with E-state index in [0.717, 1.165) is 54.4 Å². The van der Waals surface area contributed by atoms with Crippen molar-refractivity contribution in [2.45, 2.75) is 117 Å². The number of benzene rings is 3. The van der Waals surface area contributed by atoms with Crippen LogP contribution in [0.1, 0.15) is 122 Å². The van der Waals surface area contributed by atoms with E-state index in [1.807, 2.05) is 12.1 Å². The van der Waals surface area contributed by atoms with Crippen LogP contribution in [0.25, 0.3) is 11.1 Å². The lowest BCUT2D eigenvalue weighted by molar-refractivity contribution is 0.291. The molecule has 3 aromatic carbocycles. The first-order valence-corrected chi connectivity index (χ1v) is 16.3. The van der Waals surface area contributed by atoms with Gasteiger partial charge in [-0.2, -0.15) is 0 Å². The average molecular weight is 558 g/mol. The summed E-state index contributed by atoms with van der Waals surface area (Å²) in [6.07, 6.45) is 16.3. The summed E-state index contributed by atoms with van der Waals surface area (Å²) in [6, 6.07) is 23.3. The molecule has 0 spiro atoms. The quantitative estimate of drug-likeness (QED) is 0.111. The zero-order valence-electron chi connectivity index (χ0n) is 26.4. The molecule has 0 heterocycles. The van der Waals surface area contributed by atoms with Gasteiger partial charge in [0, 0.05) is 22.2 Å². The summed E-state index contributed by atoms with van der Waals surface area (Å²) in [5.74, 6) is 1.87. The van der Waals surface area contributed by atoms with E-state index in [9.17, 15) is 0 Å². The van der Waals surface area contributed by atoms with Gasteiger partial charge in [-0.1, -0.05) is 141 Å². The molecule has 224 valence electrons. The largest absolute Gasteiger partial charge is 0.493 e. The fourth-order valence-electron chi connectivity index (χ4n) is 5.49. The van der Waals surface area contributed by atoms with Crippen molar-refractivity contribution in [1.82, 2.24) is 0 Å². The van der Waals surface area contributed by atoms with Crippen molar-refractivity contribution in [3.8, 4) is 22.6 Å². The van der Waals surface area contributed by atoms with Crippen LogP contribution in [0.2, 0.25) is 0 Å². The molecule has 0 saturated carbocycles. The second-order valence-corrected chi connectivity index (χ2v) is 12.0. The van der Waals surface area contributed by atoms with Crippen molar-refractivity contribution in [1.29, 1.82) is 0 Å². The van der Waals surface area contributed by atoms with E-state index >= 15 is 0 Å². The summed E-state index contributed by atoms with van der Waals surface area (Å²) in [7, 11) is 0. The molecule has 41 heavy (non-hydrogen) atoms. The molecular formula is C38H55NO2. The minimum atomic E-state index is -0.241. The number of hydrogen-bond donors (Lipinski definition) is 1. The van der Waals surface area contributed by atoms with Crippen LogP contribution in [-0.2, 0) is 5.41 Å². The van der Waals surface area contributed by atoms with Gasteiger partial charge in [0.25, 0.3) is 0 Å². The molecular weight excluding hydrogens is 502 g/mol. The number of nitrogens with two attached hydrogens (primary N) is 1. The Kier molecular flexibility index (Phi) is 14.1. The van der Waals surface area contributed by atoms with Crippen LogP contribution in [0.3, 0.4) is 0 Å². The SMILES string of the molecule is CCCCCCCCCOc1cc(-c2ccc(N)cc2)c(OCCCCCCCC)cc1C(C)(C)c1ccccc1. The van der Waals surface area contributed by atoms with Crippen molar-refractivity contribution in [3.05, 3.63) is 77.9 Å². The van der Waals surface area contributed by atoms with Crippen LogP contribution >= 0.6 is 0 Å². The molecule has 3 nitrogen and oxygen atoms in total. The monoisotopic (exact) mass is 557 g/mol. The second-order valence-electron chi connectivity index (χ2n) is 12.0. The lowest BCUT2D eigenvalue weighted by Gasteiger charge is -2.30. The van der Waals surface area contributed by atoms with Gasteiger partial charge in [0.05, 0.1) is 13.2 Å². The first-order chi connectivity index (χ1) is 20.0. The Balaban J connectivity index is 1.88. The van der Waals surface area contributed by atoms with Gasteiger partial charge >= 0.3 is 0 Å². The second kappa shape index (κ2) is 17.8. The maximum absolute atomic E-state index is 6.61. The van der Waals surface area contributed by atoms with E-state index in [0.29, 0.717) is 0 Å². The molecule has 0 bridgehead atoms. The van der Waals surface area contributed by atoms with Crippen LogP contribution in [0.4, 0.5) is 5.69 Å². The molecule has 0 saturated heterocycles. The molecule has 3 rings (SSSR count). The Bertz CT molecular complexity index is 1120. The topological polar surface area (TPSA) is 44.5 Å². The molecule has 0 aliphatic heterocycles. The molecule has 0 unspecified atom stereocenters. The maximum atomic E-state index is 6.61. The molecule has 0 amide bonds. The number of hydrogen-bond acceptors (Lipinski definition) is 3. The normalized spacial score (nSPS) is 11.5. The van der Waals surface area contributed by atoms with E-state index in [1.54, 1.807) is 0 Å². The number of anilines is 1. The van der Waals surface area contributed by atoms with Gasteiger partial charge in [-0.15, -0.1) is 0 Å². The van der Waals surface area contributed by atoms with E-state index in [2.05, 4.69) is 82.3 Å². The van der Waals surface area contributed by atoms with Crippen LogP contribution in [0, 0.1) is 0 Å². The van der Waals surface area contributed by atoms with Gasteiger partial charge in [-0.3, -0.25) is 0 Å². The van der Waals surface area contributed by atoms with Crippen molar-refractivity contribution >= 4 is 5.69 Å². The lowest BCUT2D eigenvalue weighted by Crippen LogP contribution is -2.21. The highest BCUT2D eigenvalue weighted by atomic mass is 16.5. The highest BCUT2D eigenvalue weighted by Crippen LogP contribution is 2.44. The number of unbranched alkanes of at least 4 members (excludes halogenated alkanes) is 11. The Morgan fingerprint density at radius 2 is 1.10 bits per heavy atom. The Labute approximate surface area is 250 Å². The average Bonchev–Trinajstić information content (AvgIpc) is 2.99. The molecule has 0 atom stereocenters. The first kappa shape index (κ1) is 32.6. The Hall–Kier alpha value is -2.94. The smallest absolute Gasteiger partial charge is 0.127 e. The summed E-state index contributed by atoms with van der Waals surface area (Å²) in [5.41, 5.74) is 11.2. The third-order valence-corrected chi connectivity index (χ3v) is 8.23. The highest BCUT2D eigenvalue weighted by molar-refractivity contribution is 5.75. The zero-order valence-corrected chi connectivity index (χ0v) is 26.4. The predicted octanol–water partition coefficient (Wildman–Crippen LogP) is 11.1. The minimum Gasteiger partial charge on any atom is -0.493 e. The summed E-state index contributed by atoms with van der Waals surface area (Å²) < 4.78 is 13.2. The van der Waals surface area contributed by atoms with Gasteiger partial charge in [0.2, 0.25) is 0 Å².